The topological polar surface area (TPSA) is 338 Å². The van der Waals surface area contributed by atoms with Crippen LogP contribution in [-0.2, 0) is 61.8 Å². The molecule has 0 amide bonds. The minimum Gasteiger partial charge on any atom is -0.395 e. The van der Waals surface area contributed by atoms with Crippen LogP contribution in [0.3, 0.4) is 0 Å². The van der Waals surface area contributed by atoms with Crippen LogP contribution in [0.1, 0.15) is 174 Å². The van der Waals surface area contributed by atoms with Crippen LogP contribution < -0.4 is 18.9 Å². The highest BCUT2D eigenvalue weighted by atomic mass is 35.5. The summed E-state index contributed by atoms with van der Waals surface area (Å²) in [6.45, 7) is 25.7. The van der Waals surface area contributed by atoms with E-state index in [1.165, 1.54) is 110 Å². The summed E-state index contributed by atoms with van der Waals surface area (Å²) in [5.74, 6) is -2.56. The molecule has 5 aromatic heterocycles. The monoisotopic (exact) mass is 1810 g/mol. The summed E-state index contributed by atoms with van der Waals surface area (Å²) in [5, 5.41) is 10.5. The average Bonchev–Trinajstić information content (AvgIpc) is 0.802. The predicted molar refractivity (Wildman–Crippen MR) is 474 cm³/mol. The molecule has 0 spiro atoms. The van der Waals surface area contributed by atoms with E-state index in [-0.39, 0.29) is 130 Å². The molecule has 0 fully saturated rings. The van der Waals surface area contributed by atoms with Crippen molar-refractivity contribution in [1.29, 1.82) is 0 Å². The van der Waals surface area contributed by atoms with Crippen LogP contribution in [0.4, 0.5) is 27.1 Å². The summed E-state index contributed by atoms with van der Waals surface area (Å²) in [4.78, 5) is 71.9. The van der Waals surface area contributed by atoms with E-state index in [0.717, 1.165) is 39.4 Å². The lowest BCUT2D eigenvalue weighted by Gasteiger charge is -2.22. The van der Waals surface area contributed by atoms with Gasteiger partial charge in [-0.05, 0) is 161 Å². The third-order valence-electron chi connectivity index (χ3n) is 18.4. The lowest BCUT2D eigenvalue weighted by molar-refractivity contribution is 0.102. The number of ketones is 4. The van der Waals surface area contributed by atoms with Crippen LogP contribution in [-0.4, -0.2) is 93.4 Å². The molecule has 0 aliphatic carbocycles. The Hall–Kier alpha value is -10.7. The molecule has 12 rings (SSSR count). The zero-order valence-electron chi connectivity index (χ0n) is 67.7. The molecule has 22 nitrogen and oxygen atoms in total. The van der Waals surface area contributed by atoms with Crippen LogP contribution in [0.2, 0.25) is 25.2 Å². The van der Waals surface area contributed by atoms with Crippen LogP contribution in [0.25, 0.3) is 0 Å². The number of rotatable bonds is 22. The van der Waals surface area contributed by atoms with Gasteiger partial charge in [0.25, 0.3) is 40.1 Å². The molecule has 0 saturated heterocycles. The molecule has 12 aromatic rings. The molecule has 0 aliphatic heterocycles. The first-order chi connectivity index (χ1) is 56.5. The number of benzene rings is 7. The molecule has 0 aliphatic rings. The highest BCUT2D eigenvalue weighted by Gasteiger charge is 2.30. The SMILES string of the molecule is CC(C)(C)c1ccc(S(=O)(=O)Nc2cc(Cl)cnc2C(=O)c2ccc(Cl)nc2)cc1.CC(C)(CO)c1ccc(S(=O)(=O)Nc2cc(Cl)cnc2C(=O)c2cccc(F)c2)cc1.Cc1cccc(C(=O)c2ncc(Cl)cc2NS(=O)(=O)c2ccc(C(C)(C)C)cc2)c1.Cc1ccccc1C(=O)c1ncc(Cl)cc1NS(=O)(=O)c1ccc(C(C)(C)C)cc1. The number of aryl methyl sites for hydroxylation is 2. The molecule has 32 heteroatoms. The minimum atomic E-state index is -4.08. The lowest BCUT2D eigenvalue weighted by atomic mass is 9.86. The predicted octanol–water partition coefficient (Wildman–Crippen LogP) is 20.0. The first-order valence-electron chi connectivity index (χ1n) is 36.9. The normalized spacial score (nSPS) is 11.9. The molecule has 121 heavy (non-hydrogen) atoms. The summed E-state index contributed by atoms with van der Waals surface area (Å²) >= 11 is 29.8. The number of pyridine rings is 5. The van der Waals surface area contributed by atoms with Crippen molar-refractivity contribution in [3.63, 3.8) is 0 Å². The number of hydrogen-bond acceptors (Lipinski definition) is 18. The van der Waals surface area contributed by atoms with Crippen LogP contribution in [0, 0.1) is 19.7 Å². The van der Waals surface area contributed by atoms with Crippen molar-refractivity contribution in [2.75, 3.05) is 25.5 Å². The van der Waals surface area contributed by atoms with Gasteiger partial charge in [0, 0.05) is 58.7 Å². The van der Waals surface area contributed by atoms with Gasteiger partial charge in [0.15, 0.2) is 0 Å². The van der Waals surface area contributed by atoms with Crippen molar-refractivity contribution >= 4 is 144 Å². The highest BCUT2D eigenvalue weighted by molar-refractivity contribution is 7.93. The number of nitrogens with zero attached hydrogens (tertiary/aromatic N) is 5. The number of aliphatic hydroxyl groups excluding tert-OH is 1. The fraction of sp³-hybridized carbons (Fsp3) is 0.202. The molecule has 5 N–H and O–H groups in total. The van der Waals surface area contributed by atoms with E-state index in [1.807, 2.05) is 66.7 Å². The summed E-state index contributed by atoms with van der Waals surface area (Å²) in [7, 11) is -15.9. The molecule has 0 bridgehead atoms. The van der Waals surface area contributed by atoms with Gasteiger partial charge < -0.3 is 5.11 Å². The van der Waals surface area contributed by atoms with Gasteiger partial charge >= 0.3 is 0 Å². The zero-order chi connectivity index (χ0) is 89.1. The summed E-state index contributed by atoms with van der Waals surface area (Å²) in [6.07, 6.45) is 6.42. The van der Waals surface area contributed by atoms with Gasteiger partial charge in [-0.3, -0.25) is 38.1 Å². The van der Waals surface area contributed by atoms with Gasteiger partial charge in [0.05, 0.1) is 69.0 Å². The van der Waals surface area contributed by atoms with Gasteiger partial charge in [-0.15, -0.1) is 0 Å². The van der Waals surface area contributed by atoms with Crippen LogP contribution >= 0.6 is 58.0 Å². The standard InChI is InChI=1S/2C23H23ClN2O3S.C22H20ClFN2O4S.C21H19Cl2N3O3S/c1-15-6-5-7-16(12-15)22(27)21-20(13-18(24)14-25-21)26-30(28,29)19-10-8-17(9-11-19)23(2,3)4;1-15-7-5-6-8-19(15)22(27)21-20(13-17(24)14-25-21)26-30(28,29)18-11-9-16(10-12-18)23(2,3)4;1-22(2,13-27)15-6-8-18(9-7-15)31(29,30)26-19-11-16(23)12-25-20(19)21(28)14-4-3-5-17(24)10-14;1-21(2,3)14-5-7-16(8-6-14)30(28,29)26-17-10-15(22)12-25-19(17)20(27)13-4-9-18(23)24-11-13/h2*5-14,26H,1-4H3;3-12,26-27H,13H2,1-2H3;4-12,26H,1-3H3. The zero-order valence-corrected chi connectivity index (χ0v) is 74.8. The van der Waals surface area contributed by atoms with Gasteiger partial charge in [0.2, 0.25) is 23.1 Å². The number of aliphatic hydroxyl groups is 1. The van der Waals surface area contributed by atoms with Gasteiger partial charge in [-0.25, -0.2) is 63.0 Å². The second kappa shape index (κ2) is 38.6. The van der Waals surface area contributed by atoms with Crippen molar-refractivity contribution in [2.24, 2.45) is 0 Å². The maximum absolute atomic E-state index is 13.5. The van der Waals surface area contributed by atoms with Crippen molar-refractivity contribution in [2.45, 2.75) is 131 Å². The summed E-state index contributed by atoms with van der Waals surface area (Å²) < 4.78 is 127. The van der Waals surface area contributed by atoms with Crippen molar-refractivity contribution in [3.8, 4) is 0 Å². The molecule has 0 saturated carbocycles. The maximum Gasteiger partial charge on any atom is 0.261 e. The lowest BCUT2D eigenvalue weighted by Crippen LogP contribution is -2.22. The summed E-state index contributed by atoms with van der Waals surface area (Å²) in [6, 6.07) is 53.3. The Balaban J connectivity index is 0.000000183. The maximum atomic E-state index is 13.5. The van der Waals surface area contributed by atoms with Crippen molar-refractivity contribution in [1.82, 2.24) is 24.9 Å². The van der Waals surface area contributed by atoms with E-state index >= 15 is 0 Å². The molecule has 5 heterocycles. The molecule has 7 aromatic carbocycles. The molecule has 0 unspecified atom stereocenters. The van der Waals surface area contributed by atoms with Crippen molar-refractivity contribution in [3.05, 3.63) is 347 Å². The second-order valence-corrected chi connectivity index (χ2v) is 40.3. The summed E-state index contributed by atoms with van der Waals surface area (Å²) in [5.41, 5.74) is 5.32. The quantitative estimate of drug-likeness (QED) is 0.0311. The Morgan fingerprint density at radius 1 is 0.347 bits per heavy atom. The Kier molecular flexibility index (Phi) is 30.0. The molecular weight excluding hydrogens is 1730 g/mol. The van der Waals surface area contributed by atoms with E-state index in [4.69, 9.17) is 58.0 Å². The largest absolute Gasteiger partial charge is 0.395 e. The van der Waals surface area contributed by atoms with Gasteiger partial charge in [-0.1, -0.05) is 243 Å². The number of nitrogens with one attached hydrogen (secondary N) is 4. The third kappa shape index (κ3) is 24.8. The second-order valence-electron chi connectivity index (χ2n) is 31.4. The molecule has 630 valence electrons. The Labute approximate surface area is 729 Å². The average molecular weight is 1810 g/mol. The van der Waals surface area contributed by atoms with E-state index in [1.54, 1.807) is 103 Å². The van der Waals surface area contributed by atoms with Crippen LogP contribution in [0.5, 0.6) is 0 Å². The van der Waals surface area contributed by atoms with E-state index in [0.29, 0.717) is 11.1 Å². The van der Waals surface area contributed by atoms with Gasteiger partial charge in [0.1, 0.15) is 33.7 Å². The molecule has 0 radical (unpaired) electrons. The fourth-order valence-corrected chi connectivity index (χ4v) is 16.4. The number of aromatic nitrogens is 5. The number of sulfonamides is 4. The molecular formula is C89H85Cl5FN9O13S4. The van der Waals surface area contributed by atoms with E-state index in [9.17, 15) is 62.3 Å². The number of hydrogen-bond donors (Lipinski definition) is 5. The number of halogens is 6. The first kappa shape index (κ1) is 94.2. The van der Waals surface area contributed by atoms with Crippen LogP contribution in [0.15, 0.2) is 257 Å². The van der Waals surface area contributed by atoms with Crippen molar-refractivity contribution < 1.29 is 62.3 Å². The fourth-order valence-electron chi connectivity index (χ4n) is 11.5. The number of carbonyl (C=O) groups is 4. The van der Waals surface area contributed by atoms with E-state index in [2.05, 4.69) is 85.4 Å². The number of anilines is 4. The Bertz CT molecular complexity index is 6360. The first-order valence-corrected chi connectivity index (χ1v) is 44.7. The molecule has 0 atom stereocenters. The minimum absolute atomic E-state index is 0.0106. The van der Waals surface area contributed by atoms with Gasteiger partial charge in [-0.2, -0.15) is 0 Å². The highest BCUT2D eigenvalue weighted by Crippen LogP contribution is 2.34. The Morgan fingerprint density at radius 3 is 0.967 bits per heavy atom. The number of carbonyl (C=O) groups excluding carboxylic acids is 4. The van der Waals surface area contributed by atoms with E-state index < -0.39 is 68.7 Å². The Morgan fingerprint density at radius 2 is 0.661 bits per heavy atom. The smallest absolute Gasteiger partial charge is 0.261 e. The third-order valence-corrected chi connectivity index (χ3v) is 25.0.